The van der Waals surface area contributed by atoms with E-state index >= 15 is 0 Å². The van der Waals surface area contributed by atoms with Gasteiger partial charge in [0.1, 0.15) is 0 Å². The van der Waals surface area contributed by atoms with Gasteiger partial charge in [0.25, 0.3) is 6.43 Å². The van der Waals surface area contributed by atoms with Crippen molar-refractivity contribution >= 4 is 12.4 Å². The first-order chi connectivity index (χ1) is 4.09. The predicted molar refractivity (Wildman–Crippen MR) is 40.7 cm³/mol. The Hall–Kier alpha value is 0.110. The maximum Gasteiger partial charge on any atom is 0.253 e. The lowest BCUT2D eigenvalue weighted by Crippen LogP contribution is -2.35. The van der Waals surface area contributed by atoms with E-state index < -0.39 is 12.5 Å². The molecule has 0 spiro atoms. The summed E-state index contributed by atoms with van der Waals surface area (Å²) in [6.07, 6.45) is -1.66. The highest BCUT2D eigenvalue weighted by Gasteiger charge is 2.20. The number of nitrogens with two attached hydrogens (primary N) is 1. The first-order valence-electron chi connectivity index (χ1n) is 3.13. The fraction of sp³-hybridized carbons (Fsp3) is 1.00. The van der Waals surface area contributed by atoms with E-state index in [4.69, 9.17) is 5.73 Å². The van der Waals surface area contributed by atoms with Crippen LogP contribution in [0.5, 0.6) is 0 Å². The smallest absolute Gasteiger partial charge is 0.253 e. The Morgan fingerprint density at radius 2 is 1.80 bits per heavy atom. The summed E-state index contributed by atoms with van der Waals surface area (Å²) >= 11 is 0. The van der Waals surface area contributed by atoms with Crippen LogP contribution in [0.4, 0.5) is 8.78 Å². The third kappa shape index (κ3) is 4.01. The average Bonchev–Trinajstić information content (AvgIpc) is 1.84. The Morgan fingerprint density at radius 1 is 1.40 bits per heavy atom. The topological polar surface area (TPSA) is 26.0 Å². The van der Waals surface area contributed by atoms with Crippen LogP contribution in [-0.4, -0.2) is 12.5 Å². The maximum atomic E-state index is 11.7. The van der Waals surface area contributed by atoms with Gasteiger partial charge in [-0.1, -0.05) is 20.3 Å². The highest BCUT2D eigenvalue weighted by Crippen LogP contribution is 2.11. The Morgan fingerprint density at radius 3 is 1.90 bits per heavy atom. The van der Waals surface area contributed by atoms with Gasteiger partial charge in [-0.05, 0) is 5.92 Å². The third-order valence-electron chi connectivity index (χ3n) is 1.59. The molecule has 0 heterocycles. The summed E-state index contributed by atoms with van der Waals surface area (Å²) in [5, 5.41) is 0. The van der Waals surface area contributed by atoms with Crippen molar-refractivity contribution in [1.82, 2.24) is 0 Å². The molecule has 1 unspecified atom stereocenters. The standard InChI is InChI=1S/C6H13F2N.ClH/c1-3-4(2)5(9)6(7)8;/h4-6H,3,9H2,1-2H3;1H/t4?,5-;/m1./s1. The fourth-order valence-corrected chi connectivity index (χ4v) is 0.521. The summed E-state index contributed by atoms with van der Waals surface area (Å²) in [5.74, 6) is -0.0787. The van der Waals surface area contributed by atoms with E-state index in [0.717, 1.165) is 0 Å². The number of rotatable bonds is 3. The van der Waals surface area contributed by atoms with Gasteiger partial charge in [0, 0.05) is 0 Å². The molecule has 0 saturated heterocycles. The first-order valence-corrected chi connectivity index (χ1v) is 3.13. The molecule has 0 aliphatic heterocycles. The van der Waals surface area contributed by atoms with Gasteiger partial charge < -0.3 is 5.73 Å². The molecule has 0 saturated carbocycles. The zero-order valence-electron chi connectivity index (χ0n) is 6.18. The molecule has 0 aromatic heterocycles. The Bertz CT molecular complexity index is 80.1. The van der Waals surface area contributed by atoms with Crippen molar-refractivity contribution in [1.29, 1.82) is 0 Å². The van der Waals surface area contributed by atoms with Gasteiger partial charge in [-0.25, -0.2) is 8.78 Å². The largest absolute Gasteiger partial charge is 0.323 e. The fourth-order valence-electron chi connectivity index (χ4n) is 0.521. The number of alkyl halides is 2. The van der Waals surface area contributed by atoms with Crippen molar-refractivity contribution in [2.45, 2.75) is 32.7 Å². The zero-order chi connectivity index (χ0) is 7.44. The molecule has 0 aliphatic carbocycles. The summed E-state index contributed by atoms with van der Waals surface area (Å²) in [4.78, 5) is 0. The Balaban J connectivity index is 0. The van der Waals surface area contributed by atoms with E-state index in [-0.39, 0.29) is 18.3 Å². The van der Waals surface area contributed by atoms with Crippen LogP contribution >= 0.6 is 12.4 Å². The van der Waals surface area contributed by atoms with Crippen molar-refractivity contribution in [3.05, 3.63) is 0 Å². The molecule has 0 aromatic rings. The number of hydrogen-bond donors (Lipinski definition) is 1. The maximum absolute atomic E-state index is 11.7. The molecule has 0 aromatic carbocycles. The van der Waals surface area contributed by atoms with Gasteiger partial charge in [-0.3, -0.25) is 0 Å². The molecule has 0 bridgehead atoms. The lowest BCUT2D eigenvalue weighted by atomic mass is 10.0. The Labute approximate surface area is 66.4 Å². The highest BCUT2D eigenvalue weighted by molar-refractivity contribution is 5.85. The quantitative estimate of drug-likeness (QED) is 0.695. The van der Waals surface area contributed by atoms with Gasteiger partial charge >= 0.3 is 0 Å². The second-order valence-corrected chi connectivity index (χ2v) is 2.30. The molecular weight excluding hydrogens is 160 g/mol. The minimum absolute atomic E-state index is 0. The molecule has 64 valence electrons. The number of hydrogen-bond acceptors (Lipinski definition) is 1. The average molecular weight is 174 g/mol. The van der Waals surface area contributed by atoms with Crippen LogP contribution in [0.1, 0.15) is 20.3 Å². The van der Waals surface area contributed by atoms with E-state index in [1.54, 1.807) is 6.92 Å². The molecule has 0 amide bonds. The van der Waals surface area contributed by atoms with Crippen molar-refractivity contribution < 1.29 is 8.78 Å². The molecule has 10 heavy (non-hydrogen) atoms. The third-order valence-corrected chi connectivity index (χ3v) is 1.59. The molecular formula is C6H14ClF2N. The van der Waals surface area contributed by atoms with Gasteiger partial charge in [0.15, 0.2) is 0 Å². The molecule has 0 radical (unpaired) electrons. The van der Waals surface area contributed by atoms with E-state index in [0.29, 0.717) is 6.42 Å². The second-order valence-electron chi connectivity index (χ2n) is 2.30. The van der Waals surface area contributed by atoms with E-state index in [1.807, 2.05) is 6.92 Å². The van der Waals surface area contributed by atoms with E-state index in [9.17, 15) is 8.78 Å². The van der Waals surface area contributed by atoms with Crippen LogP contribution in [0.15, 0.2) is 0 Å². The SMILES string of the molecule is CCC(C)[C@@H](N)C(F)F.Cl. The van der Waals surface area contributed by atoms with Crippen LogP contribution in [0.2, 0.25) is 0 Å². The van der Waals surface area contributed by atoms with E-state index in [1.165, 1.54) is 0 Å². The molecule has 2 atom stereocenters. The molecule has 4 heteroatoms. The first kappa shape index (κ1) is 12.8. The molecule has 1 nitrogen and oxygen atoms in total. The van der Waals surface area contributed by atoms with Gasteiger partial charge in [-0.2, -0.15) is 0 Å². The van der Waals surface area contributed by atoms with Crippen molar-refractivity contribution in [2.75, 3.05) is 0 Å². The second kappa shape index (κ2) is 5.86. The van der Waals surface area contributed by atoms with Crippen LogP contribution in [0.25, 0.3) is 0 Å². The monoisotopic (exact) mass is 173 g/mol. The van der Waals surface area contributed by atoms with Crippen LogP contribution in [-0.2, 0) is 0 Å². The number of halogens is 3. The Kier molecular flexibility index (Phi) is 7.48. The van der Waals surface area contributed by atoms with Crippen LogP contribution in [0.3, 0.4) is 0 Å². The van der Waals surface area contributed by atoms with Crippen molar-refractivity contribution in [3.8, 4) is 0 Å². The highest BCUT2D eigenvalue weighted by atomic mass is 35.5. The minimum Gasteiger partial charge on any atom is -0.323 e. The summed E-state index contributed by atoms with van der Waals surface area (Å²) in [7, 11) is 0. The lowest BCUT2D eigenvalue weighted by Gasteiger charge is -2.16. The van der Waals surface area contributed by atoms with Crippen molar-refractivity contribution in [2.24, 2.45) is 11.7 Å². The summed E-state index contributed by atoms with van der Waals surface area (Å²) in [6.45, 7) is 3.59. The summed E-state index contributed by atoms with van der Waals surface area (Å²) in [6, 6.07) is -0.949. The van der Waals surface area contributed by atoms with Gasteiger partial charge in [-0.15, -0.1) is 12.4 Å². The molecule has 0 aliphatic rings. The van der Waals surface area contributed by atoms with Crippen LogP contribution in [0, 0.1) is 5.92 Å². The molecule has 2 N–H and O–H groups in total. The lowest BCUT2D eigenvalue weighted by molar-refractivity contribution is 0.0914. The normalized spacial score (nSPS) is 16.2. The minimum atomic E-state index is -2.38. The molecule has 0 fully saturated rings. The summed E-state index contributed by atoms with van der Waals surface area (Å²) < 4.78 is 23.5. The van der Waals surface area contributed by atoms with E-state index in [2.05, 4.69) is 0 Å². The van der Waals surface area contributed by atoms with Crippen molar-refractivity contribution in [3.63, 3.8) is 0 Å². The predicted octanol–water partition coefficient (Wildman–Crippen LogP) is 2.05. The molecule has 0 rings (SSSR count). The summed E-state index contributed by atoms with van der Waals surface area (Å²) in [5.41, 5.74) is 5.12. The van der Waals surface area contributed by atoms with Crippen LogP contribution < -0.4 is 5.73 Å². The van der Waals surface area contributed by atoms with Gasteiger partial charge in [0.05, 0.1) is 6.04 Å². The van der Waals surface area contributed by atoms with Gasteiger partial charge in [0.2, 0.25) is 0 Å². The zero-order valence-corrected chi connectivity index (χ0v) is 7.00.